The second-order valence-corrected chi connectivity index (χ2v) is 64.2. The van der Waals surface area contributed by atoms with Crippen LogP contribution in [0.5, 0.6) is 0 Å². The number of fused-ring (bicyclic) bond motifs is 2. The van der Waals surface area contributed by atoms with Gasteiger partial charge in [-0.05, 0) is 0 Å². The van der Waals surface area contributed by atoms with Gasteiger partial charge in [0.05, 0.1) is 0 Å². The quantitative estimate of drug-likeness (QED) is 0.117. The molecule has 4 aromatic rings. The van der Waals surface area contributed by atoms with Crippen LogP contribution in [-0.2, 0) is 28.4 Å². The van der Waals surface area contributed by atoms with Gasteiger partial charge < -0.3 is 0 Å². The van der Waals surface area contributed by atoms with Crippen LogP contribution in [0.1, 0.15) is 197 Å². The Hall–Kier alpha value is -1.96. The Morgan fingerprint density at radius 1 is 0.484 bits per heavy atom. The molecule has 2 saturated carbocycles. The fourth-order valence-electron chi connectivity index (χ4n) is 13.6. The average molecular weight is 993 g/mol. The molecule has 64 heavy (non-hydrogen) atoms. The number of benzene rings is 4. The van der Waals surface area contributed by atoms with Gasteiger partial charge >= 0.3 is 402 Å². The van der Waals surface area contributed by atoms with E-state index in [1.165, 1.54) is 171 Å². The predicted octanol–water partition coefficient (Wildman–Crippen LogP) is 19.5. The Bertz CT molecular complexity index is 2100. The second kappa shape index (κ2) is 20.7. The molecule has 4 aliphatic rings. The van der Waals surface area contributed by atoms with E-state index in [4.69, 9.17) is 0 Å². The molecule has 0 bridgehead atoms. The third-order valence-electron chi connectivity index (χ3n) is 17.8. The molecule has 0 nitrogen and oxygen atoms in total. The van der Waals surface area contributed by atoms with Crippen LogP contribution in [0.4, 0.5) is 0 Å². The van der Waals surface area contributed by atoms with Gasteiger partial charge in [0.15, 0.2) is 0 Å². The third kappa shape index (κ3) is 9.55. The van der Waals surface area contributed by atoms with Gasteiger partial charge in [-0.2, -0.15) is 0 Å². The van der Waals surface area contributed by atoms with E-state index < -0.39 is 21.5 Å². The molecule has 0 heterocycles. The van der Waals surface area contributed by atoms with Crippen LogP contribution < -0.4 is 0 Å². The maximum atomic E-state index is 9.40. The van der Waals surface area contributed by atoms with Crippen LogP contribution >= 0.6 is 17.0 Å². The number of hydrogen-bond acceptors (Lipinski definition) is 0. The van der Waals surface area contributed by atoms with Crippen LogP contribution in [0.2, 0.25) is 13.1 Å². The number of aryl methyl sites for hydroxylation is 2. The fraction of sp³-hybridized carbons (Fsp3) is 0.533. The van der Waals surface area contributed by atoms with Gasteiger partial charge in [0, 0.05) is 0 Å². The van der Waals surface area contributed by atoms with Crippen molar-refractivity contribution in [3.8, 4) is 22.3 Å². The minimum atomic E-state index is -5.17. The normalized spacial score (nSPS) is 22.0. The van der Waals surface area contributed by atoms with E-state index in [0.29, 0.717) is 0 Å². The molecule has 0 N–H and O–H groups in total. The Labute approximate surface area is 399 Å². The molecule has 0 spiro atoms. The van der Waals surface area contributed by atoms with E-state index in [-0.39, 0.29) is 18.1 Å². The van der Waals surface area contributed by atoms with Gasteiger partial charge in [-0.25, -0.2) is 0 Å². The van der Waals surface area contributed by atoms with Gasteiger partial charge in [-0.3, -0.25) is 0 Å². The molecule has 0 aliphatic heterocycles. The Kier molecular flexibility index (Phi) is 15.7. The molecule has 4 aliphatic carbocycles. The molecule has 4 heteroatoms. The van der Waals surface area contributed by atoms with E-state index in [1.54, 1.807) is 11.1 Å². The predicted molar refractivity (Wildman–Crippen MR) is 283 cm³/mol. The summed E-state index contributed by atoms with van der Waals surface area (Å²) in [6, 6.07) is 33.3. The minimum absolute atomic E-state index is 0.0994. The van der Waals surface area contributed by atoms with Crippen molar-refractivity contribution in [3.63, 3.8) is 0 Å². The van der Waals surface area contributed by atoms with Crippen LogP contribution in [-0.4, -0.2) is 5.92 Å². The zero-order valence-electron chi connectivity index (χ0n) is 40.8. The number of allylic oxidation sites excluding steroid dienone is 2. The molecule has 0 saturated heterocycles. The van der Waals surface area contributed by atoms with Gasteiger partial charge in [0.25, 0.3) is 0 Å². The summed E-state index contributed by atoms with van der Waals surface area (Å²) < 4.78 is 0.199. The number of hydrogen-bond donors (Lipinski definition) is 0. The van der Waals surface area contributed by atoms with Crippen molar-refractivity contribution in [1.82, 2.24) is 0 Å². The van der Waals surface area contributed by atoms with Crippen molar-refractivity contribution >= 4 is 35.1 Å². The first-order valence-electron chi connectivity index (χ1n) is 26.4. The first-order chi connectivity index (χ1) is 31.0. The van der Waals surface area contributed by atoms with Crippen LogP contribution in [0.15, 0.2) is 96.1 Å². The van der Waals surface area contributed by atoms with Crippen LogP contribution in [0, 0.1) is 10.8 Å². The van der Waals surface area contributed by atoms with E-state index >= 15 is 0 Å². The van der Waals surface area contributed by atoms with Crippen molar-refractivity contribution in [2.24, 2.45) is 10.8 Å². The fourth-order valence-corrected chi connectivity index (χ4v) is 44.8. The zero-order valence-corrected chi connectivity index (χ0v) is 45.9. The number of halogens is 2. The summed E-state index contributed by atoms with van der Waals surface area (Å²) in [4.78, 5) is 0. The zero-order chi connectivity index (χ0) is 45.0. The van der Waals surface area contributed by atoms with Crippen molar-refractivity contribution in [2.45, 2.75) is 189 Å². The first-order valence-corrected chi connectivity index (χ1v) is 42.7. The summed E-state index contributed by atoms with van der Waals surface area (Å²) in [5.74, 6) is -1.78. The summed E-state index contributed by atoms with van der Waals surface area (Å²) in [5, 5.41) is 0. The Morgan fingerprint density at radius 3 is 1.14 bits per heavy atom. The Balaban J connectivity index is 1.35. The summed E-state index contributed by atoms with van der Waals surface area (Å²) in [6.07, 6.45) is 33.9. The molecule has 2 unspecified atom stereocenters. The molecule has 4 aromatic carbocycles. The van der Waals surface area contributed by atoms with Crippen molar-refractivity contribution in [3.05, 3.63) is 129 Å². The van der Waals surface area contributed by atoms with Gasteiger partial charge in [0.1, 0.15) is 0 Å². The van der Waals surface area contributed by atoms with E-state index in [9.17, 15) is 17.0 Å². The van der Waals surface area contributed by atoms with Crippen molar-refractivity contribution < 1.29 is 15.6 Å². The third-order valence-corrected chi connectivity index (χ3v) is 69.7. The van der Waals surface area contributed by atoms with E-state index in [2.05, 4.69) is 138 Å². The van der Waals surface area contributed by atoms with Gasteiger partial charge in [0.2, 0.25) is 0 Å². The SMILES string of the molecule is CCc1ccc(-c2cccc3c2C=C(CC2(CC)CCCCCCCC2)[CH]3[Zr]([Cl])([Cl])([CH]2C(CC3(CC)CCCCCCCC3)=Cc3c(-c4ccc(CC)cc4)cccc32)[SiH](C)C)cc1. The standard InChI is InChI=1S/2C29H37.C2H7Si.2ClH.Zr/c2*1-3-23-14-16-25(17-15-23)27-13-11-12-26-20-24(21-28(26)27)22-29(4-2)18-9-7-5-6-8-10-19-29;1-3-2;;;/h2*11-17,20-21H,3-10,18-19,22H2,1-2H3;3H,1-2H3;2*1H;/q;;;;;+2/p-2. The van der Waals surface area contributed by atoms with E-state index in [1.807, 2.05) is 0 Å². The Morgan fingerprint density at radius 2 is 0.828 bits per heavy atom. The summed E-state index contributed by atoms with van der Waals surface area (Å²) in [5.41, 5.74) is 17.6. The molecule has 2 atom stereocenters. The molecule has 2 fully saturated rings. The van der Waals surface area contributed by atoms with Gasteiger partial charge in [-0.15, -0.1) is 0 Å². The monoisotopic (exact) mass is 989 g/mol. The maximum absolute atomic E-state index is 9.40. The van der Waals surface area contributed by atoms with Gasteiger partial charge in [-0.1, -0.05) is 0 Å². The molecule has 0 aromatic heterocycles. The second-order valence-electron chi connectivity index (χ2n) is 21.7. The molecule has 0 radical (unpaired) electrons. The molecule has 8 rings (SSSR count). The van der Waals surface area contributed by atoms with Crippen molar-refractivity contribution in [2.75, 3.05) is 0 Å². The number of rotatable bonds is 13. The van der Waals surface area contributed by atoms with Crippen LogP contribution in [0.3, 0.4) is 0 Å². The average Bonchev–Trinajstić information content (AvgIpc) is 3.94. The molecular formula is C60H81Cl2SiZr. The summed E-state index contributed by atoms with van der Waals surface area (Å²) in [7, 11) is 18.8. The van der Waals surface area contributed by atoms with Crippen molar-refractivity contribution in [1.29, 1.82) is 0 Å². The summed E-state index contributed by atoms with van der Waals surface area (Å²) in [6.45, 7) is 14.7. The topological polar surface area (TPSA) is 0 Å². The molecule has 343 valence electrons. The molecule has 0 amide bonds. The van der Waals surface area contributed by atoms with E-state index in [0.717, 1.165) is 25.7 Å². The first kappa shape index (κ1) is 48.5. The summed E-state index contributed by atoms with van der Waals surface area (Å²) >= 11 is -5.17. The molecular weight excluding hydrogens is 911 g/mol. The van der Waals surface area contributed by atoms with Crippen LogP contribution in [0.25, 0.3) is 34.4 Å².